The van der Waals surface area contributed by atoms with Gasteiger partial charge in [0.05, 0.1) is 6.54 Å². The fraction of sp³-hybridized carbons (Fsp3) is 0.615. The molecule has 0 spiro atoms. The molecule has 2 amide bonds. The van der Waals surface area contributed by atoms with E-state index in [1.807, 2.05) is 6.92 Å². The number of nitrogens with one attached hydrogen (secondary N) is 1. The smallest absolute Gasteiger partial charge is 0.248 e. The molecule has 0 aromatic carbocycles. The number of carbonyl (C=O) groups excluding carboxylic acids is 2. The summed E-state index contributed by atoms with van der Waals surface area (Å²) < 4.78 is 5.00. The monoisotopic (exact) mass is 265 g/mol. The number of hydrogen-bond acceptors (Lipinski definition) is 4. The maximum Gasteiger partial charge on any atom is 0.248 e. The van der Waals surface area contributed by atoms with Crippen molar-refractivity contribution in [2.75, 3.05) is 0 Å². The zero-order valence-electron chi connectivity index (χ0n) is 11.7. The van der Waals surface area contributed by atoms with Gasteiger partial charge in [0.25, 0.3) is 0 Å². The van der Waals surface area contributed by atoms with Crippen LogP contribution in [0.3, 0.4) is 0 Å². The molecule has 1 fully saturated rings. The van der Waals surface area contributed by atoms with Gasteiger partial charge in [0.15, 0.2) is 0 Å². The molecule has 6 heteroatoms. The lowest BCUT2D eigenvalue weighted by atomic mass is 9.95. The van der Waals surface area contributed by atoms with Crippen LogP contribution in [-0.2, 0) is 16.1 Å². The Morgan fingerprint density at radius 3 is 2.68 bits per heavy atom. The first-order valence-electron chi connectivity index (χ1n) is 6.40. The van der Waals surface area contributed by atoms with Gasteiger partial charge in [-0.1, -0.05) is 12.1 Å². The van der Waals surface area contributed by atoms with Gasteiger partial charge in [0.2, 0.25) is 11.8 Å². The Morgan fingerprint density at radius 2 is 2.16 bits per heavy atom. The zero-order chi connectivity index (χ0) is 14.2. The third kappa shape index (κ3) is 2.47. The highest BCUT2D eigenvalue weighted by molar-refractivity contribution is 5.99. The minimum Gasteiger partial charge on any atom is -0.361 e. The van der Waals surface area contributed by atoms with Crippen molar-refractivity contribution in [2.45, 2.75) is 52.2 Å². The maximum absolute atomic E-state index is 12.4. The number of aryl methyl sites for hydroxylation is 1. The van der Waals surface area contributed by atoms with Gasteiger partial charge >= 0.3 is 0 Å². The predicted molar refractivity (Wildman–Crippen MR) is 68.1 cm³/mol. The van der Waals surface area contributed by atoms with Crippen LogP contribution >= 0.6 is 0 Å². The van der Waals surface area contributed by atoms with E-state index in [0.717, 1.165) is 0 Å². The van der Waals surface area contributed by atoms with Crippen LogP contribution in [0.25, 0.3) is 0 Å². The highest BCUT2D eigenvalue weighted by Gasteiger charge is 2.44. The number of amides is 2. The van der Waals surface area contributed by atoms with Gasteiger partial charge in [-0.25, -0.2) is 0 Å². The molecule has 1 N–H and O–H groups in total. The molecule has 1 aromatic heterocycles. The molecule has 1 aliphatic rings. The van der Waals surface area contributed by atoms with E-state index in [1.54, 1.807) is 31.7 Å². The number of hydrogen-bond donors (Lipinski definition) is 1. The molecule has 0 saturated carbocycles. The number of carbonyl (C=O) groups is 2. The van der Waals surface area contributed by atoms with E-state index in [1.165, 1.54) is 0 Å². The SMILES string of the molecule is CCC1C(=O)NC(C)(C)C(=O)N1Cc1cc(C)on1. The van der Waals surface area contributed by atoms with Crippen LogP contribution in [0, 0.1) is 6.92 Å². The summed E-state index contributed by atoms with van der Waals surface area (Å²) in [6, 6.07) is 1.33. The molecule has 1 atom stereocenters. The summed E-state index contributed by atoms with van der Waals surface area (Å²) >= 11 is 0. The van der Waals surface area contributed by atoms with E-state index < -0.39 is 11.6 Å². The second kappa shape index (κ2) is 4.68. The average molecular weight is 265 g/mol. The Morgan fingerprint density at radius 1 is 1.47 bits per heavy atom. The Bertz CT molecular complexity index is 507. The Hall–Kier alpha value is -1.85. The molecule has 0 radical (unpaired) electrons. The Balaban J connectivity index is 2.27. The highest BCUT2D eigenvalue weighted by Crippen LogP contribution is 2.22. The summed E-state index contributed by atoms with van der Waals surface area (Å²) in [7, 11) is 0. The second-order valence-electron chi connectivity index (χ2n) is 5.40. The molecular weight excluding hydrogens is 246 g/mol. The summed E-state index contributed by atoms with van der Waals surface area (Å²) in [5.41, 5.74) is -0.212. The standard InChI is InChI=1S/C13H19N3O3/c1-5-10-11(17)14-13(3,4)12(18)16(10)7-9-6-8(2)19-15-9/h6,10H,5,7H2,1-4H3,(H,14,17). The first-order chi connectivity index (χ1) is 8.85. The van der Waals surface area contributed by atoms with Crippen LogP contribution in [0.4, 0.5) is 0 Å². The van der Waals surface area contributed by atoms with E-state index in [0.29, 0.717) is 24.4 Å². The highest BCUT2D eigenvalue weighted by atomic mass is 16.5. The molecule has 0 aliphatic carbocycles. The van der Waals surface area contributed by atoms with E-state index in [4.69, 9.17) is 4.52 Å². The summed E-state index contributed by atoms with van der Waals surface area (Å²) in [6.45, 7) is 7.39. The summed E-state index contributed by atoms with van der Waals surface area (Å²) in [5, 5.41) is 6.64. The molecule has 104 valence electrons. The molecular formula is C13H19N3O3. The molecule has 0 bridgehead atoms. The lowest BCUT2D eigenvalue weighted by Crippen LogP contribution is -2.67. The van der Waals surface area contributed by atoms with Crippen molar-refractivity contribution in [3.63, 3.8) is 0 Å². The van der Waals surface area contributed by atoms with Gasteiger partial charge in [-0.2, -0.15) is 0 Å². The molecule has 1 aromatic rings. The van der Waals surface area contributed by atoms with Gasteiger partial charge in [-0.3, -0.25) is 9.59 Å². The van der Waals surface area contributed by atoms with Crippen LogP contribution in [0.5, 0.6) is 0 Å². The van der Waals surface area contributed by atoms with Gasteiger partial charge in [-0.15, -0.1) is 0 Å². The Labute approximate surface area is 112 Å². The lowest BCUT2D eigenvalue weighted by Gasteiger charge is -2.42. The van der Waals surface area contributed by atoms with Gasteiger partial charge in [-0.05, 0) is 27.2 Å². The van der Waals surface area contributed by atoms with E-state index in [9.17, 15) is 9.59 Å². The fourth-order valence-electron chi connectivity index (χ4n) is 2.34. The molecule has 1 aliphatic heterocycles. The van der Waals surface area contributed by atoms with Crippen molar-refractivity contribution in [2.24, 2.45) is 0 Å². The third-order valence-electron chi connectivity index (χ3n) is 3.31. The molecule has 1 unspecified atom stereocenters. The van der Waals surface area contributed by atoms with Gasteiger partial charge < -0.3 is 14.7 Å². The predicted octanol–water partition coefficient (Wildman–Crippen LogP) is 0.999. The van der Waals surface area contributed by atoms with Crippen molar-refractivity contribution in [1.29, 1.82) is 0 Å². The number of nitrogens with zero attached hydrogens (tertiary/aromatic N) is 2. The van der Waals surface area contributed by atoms with E-state index >= 15 is 0 Å². The molecule has 6 nitrogen and oxygen atoms in total. The van der Waals surface area contributed by atoms with Crippen LogP contribution < -0.4 is 5.32 Å². The number of aromatic nitrogens is 1. The van der Waals surface area contributed by atoms with Crippen molar-refractivity contribution < 1.29 is 14.1 Å². The van der Waals surface area contributed by atoms with Crippen molar-refractivity contribution in [3.8, 4) is 0 Å². The topological polar surface area (TPSA) is 75.4 Å². The number of rotatable bonds is 3. The van der Waals surface area contributed by atoms with Crippen LogP contribution in [0.15, 0.2) is 10.6 Å². The fourth-order valence-corrected chi connectivity index (χ4v) is 2.34. The average Bonchev–Trinajstić information content (AvgIpc) is 2.71. The summed E-state index contributed by atoms with van der Waals surface area (Å²) in [5.74, 6) is 0.475. The first-order valence-corrected chi connectivity index (χ1v) is 6.40. The molecule has 19 heavy (non-hydrogen) atoms. The Kier molecular flexibility index (Phi) is 3.34. The van der Waals surface area contributed by atoms with E-state index in [2.05, 4.69) is 10.5 Å². The second-order valence-corrected chi connectivity index (χ2v) is 5.40. The van der Waals surface area contributed by atoms with Crippen LogP contribution in [-0.4, -0.2) is 33.5 Å². The van der Waals surface area contributed by atoms with Gasteiger partial charge in [0.1, 0.15) is 23.0 Å². The zero-order valence-corrected chi connectivity index (χ0v) is 11.7. The van der Waals surface area contributed by atoms with Crippen molar-refractivity contribution in [1.82, 2.24) is 15.4 Å². The normalized spacial score (nSPS) is 22.5. The maximum atomic E-state index is 12.4. The lowest BCUT2D eigenvalue weighted by molar-refractivity contribution is -0.154. The minimum atomic E-state index is -0.873. The first kappa shape index (κ1) is 13.6. The minimum absolute atomic E-state index is 0.0976. The summed E-state index contributed by atoms with van der Waals surface area (Å²) in [4.78, 5) is 26.0. The van der Waals surface area contributed by atoms with Crippen LogP contribution in [0.2, 0.25) is 0 Å². The third-order valence-corrected chi connectivity index (χ3v) is 3.31. The van der Waals surface area contributed by atoms with Crippen molar-refractivity contribution >= 4 is 11.8 Å². The molecule has 2 heterocycles. The molecule has 1 saturated heterocycles. The van der Waals surface area contributed by atoms with Crippen LogP contribution in [0.1, 0.15) is 38.6 Å². The summed E-state index contributed by atoms with van der Waals surface area (Å²) in [6.07, 6.45) is 0.574. The quantitative estimate of drug-likeness (QED) is 0.884. The van der Waals surface area contributed by atoms with Gasteiger partial charge in [0, 0.05) is 6.07 Å². The van der Waals surface area contributed by atoms with Crippen molar-refractivity contribution in [3.05, 3.63) is 17.5 Å². The molecule has 2 rings (SSSR count). The van der Waals surface area contributed by atoms with E-state index in [-0.39, 0.29) is 11.8 Å². The largest absolute Gasteiger partial charge is 0.361 e. The number of piperazine rings is 1.